The molecule has 0 unspecified atom stereocenters. The van der Waals surface area contributed by atoms with Gasteiger partial charge in [0.05, 0.1) is 15.6 Å². The smallest absolute Gasteiger partial charge is 0.262 e. The molecule has 0 bridgehead atoms. The van der Waals surface area contributed by atoms with E-state index in [9.17, 15) is 17.2 Å². The molecule has 106 valence electrons. The van der Waals surface area contributed by atoms with Crippen molar-refractivity contribution in [1.29, 1.82) is 0 Å². The van der Waals surface area contributed by atoms with Crippen LogP contribution < -0.4 is 4.72 Å². The zero-order valence-electron chi connectivity index (χ0n) is 10.3. The first-order chi connectivity index (χ1) is 9.29. The van der Waals surface area contributed by atoms with Gasteiger partial charge in [-0.2, -0.15) is 0 Å². The lowest BCUT2D eigenvalue weighted by Crippen LogP contribution is -2.14. The molecule has 2 rings (SSSR count). The molecule has 20 heavy (non-hydrogen) atoms. The van der Waals surface area contributed by atoms with Crippen molar-refractivity contribution in [3.63, 3.8) is 0 Å². The van der Waals surface area contributed by atoms with Crippen LogP contribution in [0.5, 0.6) is 0 Å². The van der Waals surface area contributed by atoms with E-state index in [1.807, 2.05) is 0 Å². The highest BCUT2D eigenvalue weighted by Gasteiger charge is 2.17. The predicted molar refractivity (Wildman–Crippen MR) is 73.4 cm³/mol. The first-order valence-corrected chi connectivity index (χ1v) is 7.40. The molecule has 7 heteroatoms. The van der Waals surface area contributed by atoms with Gasteiger partial charge in [0, 0.05) is 0 Å². The second-order valence-corrected chi connectivity index (χ2v) is 6.25. The monoisotopic (exact) mass is 317 g/mol. The minimum Gasteiger partial charge on any atom is -0.277 e. The topological polar surface area (TPSA) is 46.2 Å². The van der Waals surface area contributed by atoms with E-state index in [-0.39, 0.29) is 15.6 Å². The highest BCUT2D eigenvalue weighted by Crippen LogP contribution is 2.23. The number of benzene rings is 2. The van der Waals surface area contributed by atoms with Gasteiger partial charge in [0.1, 0.15) is 11.6 Å². The SMILES string of the molecule is Cc1ccc(NS(=O)(=O)c2ccc(F)c(Cl)c2)c(F)c1. The Balaban J connectivity index is 2.38. The maximum atomic E-state index is 13.6. The lowest BCUT2D eigenvalue weighted by atomic mass is 10.2. The van der Waals surface area contributed by atoms with Crippen molar-refractivity contribution in [3.8, 4) is 0 Å². The molecule has 0 radical (unpaired) electrons. The minimum atomic E-state index is -4.03. The normalized spacial score (nSPS) is 11.4. The van der Waals surface area contributed by atoms with Crippen LogP contribution in [0.2, 0.25) is 5.02 Å². The maximum absolute atomic E-state index is 13.6. The molecule has 0 spiro atoms. The molecular formula is C13H10ClF2NO2S. The largest absolute Gasteiger partial charge is 0.277 e. The van der Waals surface area contributed by atoms with E-state index in [1.54, 1.807) is 13.0 Å². The van der Waals surface area contributed by atoms with Crippen LogP contribution in [0.25, 0.3) is 0 Å². The van der Waals surface area contributed by atoms with E-state index < -0.39 is 21.7 Å². The Bertz CT molecular complexity index is 763. The molecule has 0 aliphatic carbocycles. The van der Waals surface area contributed by atoms with Crippen LogP contribution in [0.15, 0.2) is 41.3 Å². The molecule has 0 aliphatic heterocycles. The lowest BCUT2D eigenvalue weighted by molar-refractivity contribution is 0.597. The van der Waals surface area contributed by atoms with E-state index in [2.05, 4.69) is 4.72 Å². The third-order valence-electron chi connectivity index (χ3n) is 2.57. The van der Waals surface area contributed by atoms with Crippen molar-refractivity contribution < 1.29 is 17.2 Å². The van der Waals surface area contributed by atoms with Gasteiger partial charge in [0.15, 0.2) is 0 Å². The number of rotatable bonds is 3. The molecule has 0 aromatic heterocycles. The van der Waals surface area contributed by atoms with Gasteiger partial charge in [-0.05, 0) is 42.8 Å². The van der Waals surface area contributed by atoms with E-state index >= 15 is 0 Å². The van der Waals surface area contributed by atoms with Gasteiger partial charge in [-0.3, -0.25) is 4.72 Å². The summed E-state index contributed by atoms with van der Waals surface area (Å²) in [4.78, 5) is -0.246. The fourth-order valence-electron chi connectivity index (χ4n) is 1.55. The van der Waals surface area contributed by atoms with Gasteiger partial charge in [-0.15, -0.1) is 0 Å². The van der Waals surface area contributed by atoms with E-state index in [0.717, 1.165) is 18.2 Å². The van der Waals surface area contributed by atoms with Gasteiger partial charge in [-0.1, -0.05) is 17.7 Å². The van der Waals surface area contributed by atoms with Crippen LogP contribution in [0.4, 0.5) is 14.5 Å². The van der Waals surface area contributed by atoms with Gasteiger partial charge >= 0.3 is 0 Å². The molecule has 2 aromatic rings. The van der Waals surface area contributed by atoms with Crippen molar-refractivity contribution in [1.82, 2.24) is 0 Å². The van der Waals surface area contributed by atoms with Crippen LogP contribution in [-0.4, -0.2) is 8.42 Å². The number of hydrogen-bond acceptors (Lipinski definition) is 2. The fourth-order valence-corrected chi connectivity index (χ4v) is 2.89. The minimum absolute atomic E-state index is 0.184. The standard InChI is InChI=1S/C13H10ClF2NO2S/c1-8-2-5-13(12(16)6-8)17-20(18,19)9-3-4-11(15)10(14)7-9/h2-7,17H,1H3. The average Bonchev–Trinajstić information content (AvgIpc) is 2.36. The summed E-state index contributed by atoms with van der Waals surface area (Å²) < 4.78 is 52.8. The first-order valence-electron chi connectivity index (χ1n) is 5.53. The molecule has 1 N–H and O–H groups in total. The van der Waals surface area contributed by atoms with Gasteiger partial charge in [0.2, 0.25) is 0 Å². The Morgan fingerprint density at radius 1 is 1.05 bits per heavy atom. The van der Waals surface area contributed by atoms with Crippen LogP contribution in [0.1, 0.15) is 5.56 Å². The molecule has 0 atom stereocenters. The highest BCUT2D eigenvalue weighted by atomic mass is 35.5. The maximum Gasteiger partial charge on any atom is 0.262 e. The van der Waals surface area contributed by atoms with Gasteiger partial charge in [-0.25, -0.2) is 17.2 Å². The summed E-state index contributed by atoms with van der Waals surface area (Å²) in [6, 6.07) is 7.03. The number of hydrogen-bond donors (Lipinski definition) is 1. The summed E-state index contributed by atoms with van der Waals surface area (Å²) in [6.07, 6.45) is 0. The Kier molecular flexibility index (Phi) is 3.96. The molecule has 0 saturated heterocycles. The van der Waals surface area contributed by atoms with E-state index in [1.165, 1.54) is 12.1 Å². The van der Waals surface area contributed by atoms with Gasteiger partial charge < -0.3 is 0 Å². The molecular weight excluding hydrogens is 308 g/mol. The molecule has 0 aliphatic rings. The zero-order valence-corrected chi connectivity index (χ0v) is 11.9. The van der Waals surface area contributed by atoms with E-state index in [0.29, 0.717) is 5.56 Å². The Morgan fingerprint density at radius 3 is 2.35 bits per heavy atom. The Hall–Kier alpha value is -1.66. The highest BCUT2D eigenvalue weighted by molar-refractivity contribution is 7.92. The summed E-state index contributed by atoms with van der Waals surface area (Å²) in [5, 5.41) is -0.322. The predicted octanol–water partition coefficient (Wildman–Crippen LogP) is 3.73. The molecule has 0 heterocycles. The summed E-state index contributed by atoms with van der Waals surface area (Å²) in [5.41, 5.74) is 0.478. The third-order valence-corrected chi connectivity index (χ3v) is 4.22. The van der Waals surface area contributed by atoms with Crippen molar-refractivity contribution in [2.45, 2.75) is 11.8 Å². The molecule has 0 fully saturated rings. The van der Waals surface area contributed by atoms with Crippen LogP contribution in [0, 0.1) is 18.6 Å². The quantitative estimate of drug-likeness (QED) is 0.937. The van der Waals surface area contributed by atoms with Crippen molar-refractivity contribution in [3.05, 3.63) is 58.6 Å². The first kappa shape index (κ1) is 14.7. The second kappa shape index (κ2) is 5.38. The van der Waals surface area contributed by atoms with Crippen LogP contribution >= 0.6 is 11.6 Å². The number of nitrogens with one attached hydrogen (secondary N) is 1. The summed E-state index contributed by atoms with van der Waals surface area (Å²) in [6.45, 7) is 1.68. The molecule has 2 aromatic carbocycles. The van der Waals surface area contributed by atoms with Crippen molar-refractivity contribution in [2.75, 3.05) is 4.72 Å². The Labute approximate surface area is 120 Å². The van der Waals surface area contributed by atoms with Crippen molar-refractivity contribution >= 4 is 27.3 Å². The summed E-state index contributed by atoms with van der Waals surface area (Å²) >= 11 is 5.53. The summed E-state index contributed by atoms with van der Waals surface area (Å²) in [5.74, 6) is -1.42. The van der Waals surface area contributed by atoms with Crippen molar-refractivity contribution in [2.24, 2.45) is 0 Å². The average molecular weight is 318 g/mol. The fraction of sp³-hybridized carbons (Fsp3) is 0.0769. The van der Waals surface area contributed by atoms with Crippen LogP contribution in [0.3, 0.4) is 0 Å². The third kappa shape index (κ3) is 3.08. The molecule has 0 saturated carbocycles. The number of aryl methyl sites for hydroxylation is 1. The summed E-state index contributed by atoms with van der Waals surface area (Å²) in [7, 11) is -4.03. The van der Waals surface area contributed by atoms with Gasteiger partial charge in [0.25, 0.3) is 10.0 Å². The number of halogens is 3. The van der Waals surface area contributed by atoms with Crippen LogP contribution in [-0.2, 0) is 10.0 Å². The number of anilines is 1. The Morgan fingerprint density at radius 2 is 1.75 bits per heavy atom. The number of sulfonamides is 1. The van der Waals surface area contributed by atoms with E-state index in [4.69, 9.17) is 11.6 Å². The molecule has 0 amide bonds. The molecule has 3 nitrogen and oxygen atoms in total. The second-order valence-electron chi connectivity index (χ2n) is 4.16. The lowest BCUT2D eigenvalue weighted by Gasteiger charge is -2.09. The zero-order chi connectivity index (χ0) is 14.9.